The first kappa shape index (κ1) is 13.7. The summed E-state index contributed by atoms with van der Waals surface area (Å²) in [6.07, 6.45) is 7.85. The molecule has 2 saturated carbocycles. The summed E-state index contributed by atoms with van der Waals surface area (Å²) in [5.41, 5.74) is 1.10. The zero-order valence-corrected chi connectivity index (χ0v) is 12.1. The summed E-state index contributed by atoms with van der Waals surface area (Å²) in [5, 5.41) is 13.4. The molecule has 2 aliphatic rings. The molecule has 20 heavy (non-hydrogen) atoms. The van der Waals surface area contributed by atoms with Gasteiger partial charge in [0, 0.05) is 12.7 Å². The second-order valence-electron chi connectivity index (χ2n) is 6.67. The summed E-state index contributed by atoms with van der Waals surface area (Å²) >= 11 is 0. The summed E-state index contributed by atoms with van der Waals surface area (Å²) in [7, 11) is 0. The van der Waals surface area contributed by atoms with Crippen molar-refractivity contribution in [2.45, 2.75) is 57.0 Å². The topological polar surface area (TPSA) is 65.1 Å². The van der Waals surface area contributed by atoms with Crippen LogP contribution in [0.4, 0.5) is 0 Å². The second kappa shape index (κ2) is 5.24. The van der Waals surface area contributed by atoms with Crippen LogP contribution in [0, 0.1) is 5.92 Å². The molecule has 0 bridgehead atoms. The molecule has 2 aliphatic carbocycles. The van der Waals surface area contributed by atoms with E-state index >= 15 is 0 Å². The minimum absolute atomic E-state index is 0.0797. The van der Waals surface area contributed by atoms with E-state index in [0.29, 0.717) is 24.1 Å². The van der Waals surface area contributed by atoms with Gasteiger partial charge < -0.3 is 15.4 Å². The summed E-state index contributed by atoms with van der Waals surface area (Å²) in [4.78, 5) is 15.3. The lowest BCUT2D eigenvalue weighted by Gasteiger charge is -2.34. The van der Waals surface area contributed by atoms with E-state index in [-0.39, 0.29) is 5.91 Å². The third-order valence-corrected chi connectivity index (χ3v) is 4.81. The Morgan fingerprint density at radius 3 is 2.75 bits per heavy atom. The molecule has 0 spiro atoms. The summed E-state index contributed by atoms with van der Waals surface area (Å²) < 4.78 is 0. The molecule has 3 rings (SSSR count). The SMILES string of the molecule is CC1CCC(O)(CNC(=O)c2[nH]ccc2C2CC2)CC1. The van der Waals surface area contributed by atoms with Crippen LogP contribution in [0.3, 0.4) is 0 Å². The number of aromatic nitrogens is 1. The number of aromatic amines is 1. The van der Waals surface area contributed by atoms with Crippen molar-refractivity contribution >= 4 is 5.91 Å². The number of H-pyrrole nitrogens is 1. The van der Waals surface area contributed by atoms with Gasteiger partial charge in [-0.1, -0.05) is 6.92 Å². The second-order valence-corrected chi connectivity index (χ2v) is 6.67. The Kier molecular flexibility index (Phi) is 3.59. The molecule has 3 N–H and O–H groups in total. The van der Waals surface area contributed by atoms with Gasteiger partial charge in [-0.3, -0.25) is 4.79 Å². The van der Waals surface area contributed by atoms with Crippen LogP contribution in [0.1, 0.15) is 67.4 Å². The van der Waals surface area contributed by atoms with E-state index in [1.807, 2.05) is 12.3 Å². The van der Waals surface area contributed by atoms with Crippen LogP contribution in [0.2, 0.25) is 0 Å². The van der Waals surface area contributed by atoms with Crippen molar-refractivity contribution in [1.29, 1.82) is 0 Å². The van der Waals surface area contributed by atoms with Gasteiger partial charge in [0.05, 0.1) is 5.60 Å². The van der Waals surface area contributed by atoms with E-state index in [2.05, 4.69) is 17.2 Å². The molecule has 0 saturated heterocycles. The highest BCUT2D eigenvalue weighted by Crippen LogP contribution is 2.41. The lowest BCUT2D eigenvalue weighted by Crippen LogP contribution is -2.45. The van der Waals surface area contributed by atoms with Crippen molar-refractivity contribution in [3.05, 3.63) is 23.5 Å². The molecule has 1 aromatic heterocycles. The maximum absolute atomic E-state index is 12.3. The number of amides is 1. The highest BCUT2D eigenvalue weighted by molar-refractivity contribution is 5.94. The molecule has 0 aromatic carbocycles. The minimum atomic E-state index is -0.714. The number of carbonyl (C=O) groups excluding carboxylic acids is 1. The fourth-order valence-corrected chi connectivity index (χ4v) is 3.12. The maximum atomic E-state index is 12.3. The zero-order chi connectivity index (χ0) is 14.2. The van der Waals surface area contributed by atoms with E-state index in [1.54, 1.807) is 0 Å². The predicted molar refractivity (Wildman–Crippen MR) is 77.7 cm³/mol. The summed E-state index contributed by atoms with van der Waals surface area (Å²) in [6, 6.07) is 2.00. The van der Waals surface area contributed by atoms with Gasteiger partial charge in [0.1, 0.15) is 5.69 Å². The molecule has 1 aromatic rings. The van der Waals surface area contributed by atoms with Gasteiger partial charge in [-0.15, -0.1) is 0 Å². The van der Waals surface area contributed by atoms with E-state index < -0.39 is 5.60 Å². The van der Waals surface area contributed by atoms with Gasteiger partial charge in [0.15, 0.2) is 0 Å². The van der Waals surface area contributed by atoms with Crippen LogP contribution in [0.25, 0.3) is 0 Å². The van der Waals surface area contributed by atoms with Crippen molar-refractivity contribution in [2.75, 3.05) is 6.54 Å². The quantitative estimate of drug-likeness (QED) is 0.791. The fraction of sp³-hybridized carbons (Fsp3) is 0.688. The molecule has 4 heteroatoms. The summed E-state index contributed by atoms with van der Waals surface area (Å²) in [5.74, 6) is 1.17. The Labute approximate surface area is 120 Å². The molecule has 1 heterocycles. The van der Waals surface area contributed by atoms with E-state index in [0.717, 1.165) is 31.2 Å². The van der Waals surface area contributed by atoms with Gasteiger partial charge >= 0.3 is 0 Å². The smallest absolute Gasteiger partial charge is 0.268 e. The van der Waals surface area contributed by atoms with E-state index in [1.165, 1.54) is 12.8 Å². The molecule has 0 unspecified atom stereocenters. The highest BCUT2D eigenvalue weighted by atomic mass is 16.3. The molecule has 0 atom stereocenters. The van der Waals surface area contributed by atoms with Crippen LogP contribution in [-0.4, -0.2) is 28.1 Å². The molecule has 4 nitrogen and oxygen atoms in total. The van der Waals surface area contributed by atoms with Gasteiger partial charge in [-0.05, 0) is 62.0 Å². The molecular weight excluding hydrogens is 252 g/mol. The molecule has 0 radical (unpaired) electrons. The van der Waals surface area contributed by atoms with Crippen LogP contribution in [0.5, 0.6) is 0 Å². The first-order valence-corrected chi connectivity index (χ1v) is 7.75. The number of rotatable bonds is 4. The molecule has 0 aliphatic heterocycles. The van der Waals surface area contributed by atoms with E-state index in [9.17, 15) is 9.90 Å². The Morgan fingerprint density at radius 2 is 2.10 bits per heavy atom. The van der Waals surface area contributed by atoms with Crippen LogP contribution in [0.15, 0.2) is 12.3 Å². The van der Waals surface area contributed by atoms with Gasteiger partial charge in [0.25, 0.3) is 5.91 Å². The lowest BCUT2D eigenvalue weighted by atomic mass is 9.79. The number of hydrogen-bond donors (Lipinski definition) is 3. The molecule has 110 valence electrons. The first-order chi connectivity index (χ1) is 9.57. The number of carbonyl (C=O) groups is 1. The number of hydrogen-bond acceptors (Lipinski definition) is 2. The molecular formula is C16H24N2O2. The lowest BCUT2D eigenvalue weighted by molar-refractivity contribution is -0.00544. The fourth-order valence-electron chi connectivity index (χ4n) is 3.12. The van der Waals surface area contributed by atoms with Crippen molar-refractivity contribution in [2.24, 2.45) is 5.92 Å². The van der Waals surface area contributed by atoms with Gasteiger partial charge in [0.2, 0.25) is 0 Å². The Balaban J connectivity index is 1.57. The van der Waals surface area contributed by atoms with Crippen LogP contribution < -0.4 is 5.32 Å². The number of aliphatic hydroxyl groups is 1. The van der Waals surface area contributed by atoms with Crippen molar-refractivity contribution < 1.29 is 9.90 Å². The highest BCUT2D eigenvalue weighted by Gasteiger charge is 2.33. The minimum Gasteiger partial charge on any atom is -0.388 e. The normalized spacial score (nSPS) is 30.2. The average Bonchev–Trinajstić information content (AvgIpc) is 3.17. The monoisotopic (exact) mass is 276 g/mol. The molecule has 2 fully saturated rings. The Bertz CT molecular complexity index is 482. The van der Waals surface area contributed by atoms with Crippen molar-refractivity contribution in [3.8, 4) is 0 Å². The zero-order valence-electron chi connectivity index (χ0n) is 12.1. The third-order valence-electron chi connectivity index (χ3n) is 4.81. The van der Waals surface area contributed by atoms with Gasteiger partial charge in [-0.2, -0.15) is 0 Å². The standard InChI is InChI=1S/C16H24N2O2/c1-11-4-7-16(20,8-5-11)10-18-15(19)14-13(6-9-17-14)12-2-3-12/h6,9,11-12,17,20H,2-5,7-8,10H2,1H3,(H,18,19). The predicted octanol–water partition coefficient (Wildman–Crippen LogP) is 2.56. The summed E-state index contributed by atoms with van der Waals surface area (Å²) in [6.45, 7) is 2.58. The van der Waals surface area contributed by atoms with E-state index in [4.69, 9.17) is 0 Å². The van der Waals surface area contributed by atoms with Crippen molar-refractivity contribution in [1.82, 2.24) is 10.3 Å². The maximum Gasteiger partial charge on any atom is 0.268 e. The largest absolute Gasteiger partial charge is 0.388 e. The first-order valence-electron chi connectivity index (χ1n) is 7.75. The third kappa shape index (κ3) is 2.90. The van der Waals surface area contributed by atoms with Crippen LogP contribution >= 0.6 is 0 Å². The Hall–Kier alpha value is -1.29. The van der Waals surface area contributed by atoms with Gasteiger partial charge in [-0.25, -0.2) is 0 Å². The number of nitrogens with one attached hydrogen (secondary N) is 2. The van der Waals surface area contributed by atoms with Crippen LogP contribution in [-0.2, 0) is 0 Å². The molecule has 1 amide bonds. The Morgan fingerprint density at radius 1 is 1.40 bits per heavy atom. The van der Waals surface area contributed by atoms with Crippen molar-refractivity contribution in [3.63, 3.8) is 0 Å². The average molecular weight is 276 g/mol.